The zero-order valence-electron chi connectivity index (χ0n) is 13.0. The number of aldehydes is 1. The van der Waals surface area contributed by atoms with Gasteiger partial charge in [-0.2, -0.15) is 0 Å². The van der Waals surface area contributed by atoms with E-state index in [1.54, 1.807) is 11.3 Å². The van der Waals surface area contributed by atoms with E-state index in [2.05, 4.69) is 0 Å². The van der Waals surface area contributed by atoms with E-state index in [9.17, 15) is 4.79 Å². The van der Waals surface area contributed by atoms with Crippen molar-refractivity contribution < 1.29 is 14.3 Å². The summed E-state index contributed by atoms with van der Waals surface area (Å²) in [6.07, 6.45) is 0.871. The van der Waals surface area contributed by atoms with Crippen LogP contribution in [0, 0.1) is 0 Å². The van der Waals surface area contributed by atoms with Crippen LogP contribution in [0.25, 0.3) is 26.8 Å². The number of carbonyl (C=O) groups is 1. The van der Waals surface area contributed by atoms with Gasteiger partial charge in [0.05, 0.1) is 10.6 Å². The lowest BCUT2D eigenvalue weighted by atomic mass is 10.1. The first kappa shape index (κ1) is 14.7. The first-order chi connectivity index (χ1) is 12.3. The molecule has 0 fully saturated rings. The van der Waals surface area contributed by atoms with Crippen LogP contribution in [-0.2, 0) is 0 Å². The molecule has 1 aliphatic heterocycles. The second-order valence-corrected chi connectivity index (χ2v) is 7.32. The van der Waals surface area contributed by atoms with Crippen LogP contribution < -0.4 is 9.47 Å². The minimum atomic E-state index is 0.526. The Balaban J connectivity index is 1.71. The molecule has 0 unspecified atom stereocenters. The average molecular weight is 368 g/mol. The van der Waals surface area contributed by atoms with Gasteiger partial charge in [0.25, 0.3) is 0 Å². The smallest absolute Gasteiger partial charge is 0.195 e. The third-order valence-corrected chi connectivity index (χ3v) is 5.82. The highest BCUT2D eigenvalue weighted by Crippen LogP contribution is 2.37. The van der Waals surface area contributed by atoms with Crippen molar-refractivity contribution in [2.45, 2.75) is 0 Å². The molecule has 0 atom stereocenters. The molecule has 4 aromatic rings. The molecular weight excluding hydrogens is 356 g/mol. The summed E-state index contributed by atoms with van der Waals surface area (Å²) in [6.45, 7) is 1.08. The molecule has 0 radical (unpaired) electrons. The van der Waals surface area contributed by atoms with Gasteiger partial charge in [-0.05, 0) is 29.6 Å². The van der Waals surface area contributed by atoms with Crippen LogP contribution in [0.1, 0.15) is 10.5 Å². The van der Waals surface area contributed by atoms with Crippen LogP contribution in [-0.4, -0.2) is 28.9 Å². The lowest BCUT2D eigenvalue weighted by molar-refractivity contribution is 0.111. The first-order valence-electron chi connectivity index (χ1n) is 7.74. The number of thiophene rings is 1. The summed E-state index contributed by atoms with van der Waals surface area (Å²) >= 11 is 3.17. The number of nitrogens with zero attached hydrogens (tertiary/aromatic N) is 2. The number of fused-ring (bicyclic) bond motifs is 2. The Hall–Kier alpha value is -2.64. The average Bonchev–Trinajstić information content (AvgIpc) is 3.37. The molecular formula is C18H12N2O3S2. The number of ether oxygens (including phenoxy) is 2. The largest absolute Gasteiger partial charge is 0.486 e. The number of imidazole rings is 1. The van der Waals surface area contributed by atoms with E-state index in [0.29, 0.717) is 30.4 Å². The second kappa shape index (κ2) is 5.72. The number of thiazole rings is 1. The van der Waals surface area contributed by atoms with Crippen molar-refractivity contribution in [2.75, 3.05) is 13.2 Å². The molecule has 0 spiro atoms. The molecule has 7 heteroatoms. The van der Waals surface area contributed by atoms with Gasteiger partial charge >= 0.3 is 0 Å². The minimum absolute atomic E-state index is 0.526. The summed E-state index contributed by atoms with van der Waals surface area (Å²) in [6, 6.07) is 9.72. The standard InChI is InChI=1S/C18H12N2O3S2/c21-9-12-17(11-3-4-14-15(8-11)23-6-5-22-14)19-18-20(12)13(10-25-18)16-2-1-7-24-16/h1-4,7-10H,5-6H2. The zero-order chi connectivity index (χ0) is 16.8. The molecule has 0 amide bonds. The minimum Gasteiger partial charge on any atom is -0.486 e. The van der Waals surface area contributed by atoms with Gasteiger partial charge in [0.2, 0.25) is 0 Å². The van der Waals surface area contributed by atoms with Crippen LogP contribution in [0.5, 0.6) is 11.5 Å². The predicted molar refractivity (Wildman–Crippen MR) is 98.2 cm³/mol. The summed E-state index contributed by atoms with van der Waals surface area (Å²) < 4.78 is 13.1. The van der Waals surface area contributed by atoms with Crippen molar-refractivity contribution >= 4 is 33.9 Å². The van der Waals surface area contributed by atoms with Gasteiger partial charge in [0.15, 0.2) is 22.7 Å². The maximum Gasteiger partial charge on any atom is 0.195 e. The number of carbonyl (C=O) groups excluding carboxylic acids is 1. The zero-order valence-corrected chi connectivity index (χ0v) is 14.6. The quantitative estimate of drug-likeness (QED) is 0.504. The molecule has 25 heavy (non-hydrogen) atoms. The lowest BCUT2D eigenvalue weighted by Gasteiger charge is -2.18. The Morgan fingerprint density at radius 2 is 2.00 bits per heavy atom. The fourth-order valence-corrected chi connectivity index (χ4v) is 4.69. The molecule has 0 bridgehead atoms. The monoisotopic (exact) mass is 368 g/mol. The fraction of sp³-hybridized carbons (Fsp3) is 0.111. The maximum atomic E-state index is 11.9. The predicted octanol–water partition coefficient (Wildman–Crippen LogP) is 4.38. The summed E-state index contributed by atoms with van der Waals surface area (Å²) in [5.41, 5.74) is 3.06. The van der Waals surface area contributed by atoms with Gasteiger partial charge in [0, 0.05) is 10.9 Å². The Kier molecular flexibility index (Phi) is 3.36. The Morgan fingerprint density at radius 1 is 1.12 bits per heavy atom. The molecule has 5 rings (SSSR count). The third kappa shape index (κ3) is 2.27. The molecule has 0 aliphatic carbocycles. The van der Waals surface area contributed by atoms with Gasteiger partial charge < -0.3 is 9.47 Å². The highest BCUT2D eigenvalue weighted by atomic mass is 32.1. The van der Waals surface area contributed by atoms with E-state index in [0.717, 1.165) is 33.1 Å². The van der Waals surface area contributed by atoms with E-state index in [1.165, 1.54) is 11.3 Å². The Morgan fingerprint density at radius 3 is 2.80 bits per heavy atom. The van der Waals surface area contributed by atoms with Crippen molar-refractivity contribution in [3.05, 3.63) is 46.8 Å². The van der Waals surface area contributed by atoms with Crippen LogP contribution >= 0.6 is 22.7 Å². The Bertz CT molecular complexity index is 1080. The molecule has 0 saturated heterocycles. The maximum absolute atomic E-state index is 11.9. The van der Waals surface area contributed by atoms with Gasteiger partial charge in [0.1, 0.15) is 24.6 Å². The van der Waals surface area contributed by atoms with E-state index in [-0.39, 0.29) is 0 Å². The second-order valence-electron chi connectivity index (χ2n) is 5.54. The number of hydrogen-bond acceptors (Lipinski definition) is 6. The molecule has 124 valence electrons. The fourth-order valence-electron chi connectivity index (χ4n) is 2.99. The van der Waals surface area contributed by atoms with E-state index >= 15 is 0 Å². The summed E-state index contributed by atoms with van der Waals surface area (Å²) in [5.74, 6) is 1.42. The topological polar surface area (TPSA) is 52.8 Å². The van der Waals surface area contributed by atoms with E-state index in [4.69, 9.17) is 14.5 Å². The number of benzene rings is 1. The molecule has 5 nitrogen and oxygen atoms in total. The summed E-state index contributed by atoms with van der Waals surface area (Å²) in [4.78, 5) is 18.5. The van der Waals surface area contributed by atoms with Crippen LogP contribution in [0.3, 0.4) is 0 Å². The Labute approximate surface area is 151 Å². The van der Waals surface area contributed by atoms with Crippen molar-refractivity contribution in [3.8, 4) is 33.3 Å². The number of aromatic nitrogens is 2. The van der Waals surface area contributed by atoms with Gasteiger partial charge in [-0.25, -0.2) is 4.98 Å². The molecule has 3 aromatic heterocycles. The van der Waals surface area contributed by atoms with Crippen molar-refractivity contribution in [2.24, 2.45) is 0 Å². The summed E-state index contributed by atoms with van der Waals surface area (Å²) in [7, 11) is 0. The number of hydrogen-bond donors (Lipinski definition) is 0. The number of rotatable bonds is 3. The third-order valence-electron chi connectivity index (χ3n) is 4.10. The van der Waals surface area contributed by atoms with Gasteiger partial charge in [-0.1, -0.05) is 6.07 Å². The van der Waals surface area contributed by atoms with Crippen molar-refractivity contribution in [1.29, 1.82) is 0 Å². The highest BCUT2D eigenvalue weighted by molar-refractivity contribution is 7.17. The van der Waals surface area contributed by atoms with Crippen molar-refractivity contribution in [3.63, 3.8) is 0 Å². The lowest BCUT2D eigenvalue weighted by Crippen LogP contribution is -2.15. The van der Waals surface area contributed by atoms with Gasteiger partial charge in [-0.15, -0.1) is 22.7 Å². The van der Waals surface area contributed by atoms with Crippen LogP contribution in [0.2, 0.25) is 0 Å². The SMILES string of the molecule is O=Cc1c(-c2ccc3c(c2)OCCO3)nc2scc(-c3cccs3)n12. The van der Waals surface area contributed by atoms with E-state index < -0.39 is 0 Å². The first-order valence-corrected chi connectivity index (χ1v) is 9.50. The normalized spacial score (nSPS) is 13.3. The van der Waals surface area contributed by atoms with Crippen LogP contribution in [0.15, 0.2) is 41.1 Å². The molecule has 1 aliphatic rings. The highest BCUT2D eigenvalue weighted by Gasteiger charge is 2.21. The molecule has 1 aromatic carbocycles. The van der Waals surface area contributed by atoms with Gasteiger partial charge in [-0.3, -0.25) is 9.20 Å². The molecule has 0 saturated carbocycles. The van der Waals surface area contributed by atoms with Crippen molar-refractivity contribution in [1.82, 2.24) is 9.38 Å². The molecule has 0 N–H and O–H groups in total. The van der Waals surface area contributed by atoms with Crippen LogP contribution in [0.4, 0.5) is 0 Å². The summed E-state index contributed by atoms with van der Waals surface area (Å²) in [5, 5.41) is 4.06. The molecule has 4 heterocycles. The van der Waals surface area contributed by atoms with E-state index in [1.807, 2.05) is 45.5 Å².